The van der Waals surface area contributed by atoms with Crippen LogP contribution in [0.4, 0.5) is 9.18 Å². The second-order valence-corrected chi connectivity index (χ2v) is 5.37. The summed E-state index contributed by atoms with van der Waals surface area (Å²) >= 11 is 0. The Morgan fingerprint density at radius 1 is 1.43 bits per heavy atom. The number of hydrogen-bond acceptors (Lipinski definition) is 2. The number of hydrogen-bond donors (Lipinski definition) is 3. The van der Waals surface area contributed by atoms with Gasteiger partial charge in [-0.1, -0.05) is 12.1 Å². The van der Waals surface area contributed by atoms with Gasteiger partial charge in [-0.05, 0) is 42.9 Å². The van der Waals surface area contributed by atoms with Crippen LogP contribution < -0.4 is 10.6 Å². The molecule has 1 aromatic carbocycles. The number of rotatable bonds is 6. The highest BCUT2D eigenvalue weighted by Crippen LogP contribution is 2.41. The summed E-state index contributed by atoms with van der Waals surface area (Å²) in [6.07, 6.45) is 1.93. The molecule has 2 rings (SSSR count). The third kappa shape index (κ3) is 4.44. The van der Waals surface area contributed by atoms with Crippen LogP contribution in [0.2, 0.25) is 0 Å². The van der Waals surface area contributed by atoms with Gasteiger partial charge in [0.15, 0.2) is 0 Å². The van der Waals surface area contributed by atoms with Gasteiger partial charge in [-0.2, -0.15) is 0 Å². The monoisotopic (exact) mass is 294 g/mol. The first-order valence-corrected chi connectivity index (χ1v) is 6.99. The summed E-state index contributed by atoms with van der Waals surface area (Å²) in [5, 5.41) is 13.9. The molecule has 1 aliphatic rings. The maximum Gasteiger partial charge on any atom is 0.315 e. The molecule has 0 bridgehead atoms. The summed E-state index contributed by atoms with van der Waals surface area (Å²) in [6, 6.07) is 4.28. The van der Waals surface area contributed by atoms with Crippen molar-refractivity contribution in [1.82, 2.24) is 10.6 Å². The zero-order valence-electron chi connectivity index (χ0n) is 11.9. The van der Waals surface area contributed by atoms with Crippen LogP contribution in [-0.2, 0) is 4.79 Å². The van der Waals surface area contributed by atoms with E-state index < -0.39 is 12.0 Å². The summed E-state index contributed by atoms with van der Waals surface area (Å²) in [4.78, 5) is 22.2. The van der Waals surface area contributed by atoms with Crippen molar-refractivity contribution in [3.8, 4) is 0 Å². The Labute approximate surface area is 122 Å². The normalized spacial score (nSPS) is 15.3. The number of carboxylic acids is 1. The molecule has 6 heteroatoms. The highest BCUT2D eigenvalue weighted by atomic mass is 19.1. The molecule has 21 heavy (non-hydrogen) atoms. The molecule has 0 heterocycles. The molecule has 0 spiro atoms. The van der Waals surface area contributed by atoms with Crippen LogP contribution in [0.5, 0.6) is 0 Å². The molecule has 0 saturated heterocycles. The quantitative estimate of drug-likeness (QED) is 0.753. The number of carbonyl (C=O) groups excluding carboxylic acids is 1. The van der Waals surface area contributed by atoms with E-state index in [9.17, 15) is 14.0 Å². The maximum atomic E-state index is 13.3. The Morgan fingerprint density at radius 2 is 2.14 bits per heavy atom. The lowest BCUT2D eigenvalue weighted by Gasteiger charge is -2.19. The Morgan fingerprint density at radius 3 is 2.71 bits per heavy atom. The largest absolute Gasteiger partial charge is 0.481 e. The summed E-state index contributed by atoms with van der Waals surface area (Å²) in [5.74, 6) is -0.859. The predicted octanol–water partition coefficient (Wildman–Crippen LogP) is 2.36. The third-order valence-electron chi connectivity index (χ3n) is 3.55. The van der Waals surface area contributed by atoms with Gasteiger partial charge in [0.2, 0.25) is 0 Å². The molecule has 1 saturated carbocycles. The van der Waals surface area contributed by atoms with Gasteiger partial charge in [0.25, 0.3) is 0 Å². The molecule has 5 nitrogen and oxygen atoms in total. The zero-order valence-corrected chi connectivity index (χ0v) is 11.9. The molecule has 0 aromatic heterocycles. The van der Waals surface area contributed by atoms with Crippen molar-refractivity contribution in [1.29, 1.82) is 0 Å². The van der Waals surface area contributed by atoms with Gasteiger partial charge < -0.3 is 15.7 Å². The lowest BCUT2D eigenvalue weighted by molar-refractivity contribution is -0.136. The standard InChI is InChI=1S/C15H19FN2O3/c1-9-8-11(4-5-12(9)16)14(10-2-3-10)18-15(21)17-7-6-13(19)20/h4-5,8,10,14H,2-3,6-7H2,1H3,(H,19,20)(H2,17,18,21). The molecule has 1 atom stereocenters. The summed E-state index contributed by atoms with van der Waals surface area (Å²) in [6.45, 7) is 1.77. The van der Waals surface area contributed by atoms with E-state index in [0.717, 1.165) is 18.4 Å². The minimum Gasteiger partial charge on any atom is -0.481 e. The topological polar surface area (TPSA) is 78.4 Å². The van der Waals surface area contributed by atoms with Gasteiger partial charge >= 0.3 is 12.0 Å². The second kappa shape index (κ2) is 6.56. The Bertz CT molecular complexity index is 544. The van der Waals surface area contributed by atoms with Gasteiger partial charge in [0.05, 0.1) is 12.5 Å². The molecule has 1 fully saturated rings. The minimum atomic E-state index is -0.955. The number of halogens is 1. The molecule has 1 unspecified atom stereocenters. The van der Waals surface area contributed by atoms with Gasteiger partial charge in [-0.25, -0.2) is 9.18 Å². The van der Waals surface area contributed by atoms with Gasteiger partial charge in [0, 0.05) is 6.54 Å². The fourth-order valence-corrected chi connectivity index (χ4v) is 2.24. The van der Waals surface area contributed by atoms with E-state index in [4.69, 9.17) is 5.11 Å². The van der Waals surface area contributed by atoms with Crippen LogP contribution in [0.25, 0.3) is 0 Å². The lowest BCUT2D eigenvalue weighted by atomic mass is 10.0. The van der Waals surface area contributed by atoms with Gasteiger partial charge in [-0.15, -0.1) is 0 Å². The van der Waals surface area contributed by atoms with E-state index in [1.54, 1.807) is 19.1 Å². The van der Waals surface area contributed by atoms with Crippen molar-refractivity contribution in [3.63, 3.8) is 0 Å². The number of amides is 2. The molecule has 1 aliphatic carbocycles. The maximum absolute atomic E-state index is 13.3. The first-order chi connectivity index (χ1) is 9.97. The molecule has 2 amide bonds. The average Bonchev–Trinajstić information content (AvgIpc) is 3.23. The summed E-state index contributed by atoms with van der Waals surface area (Å²) in [5.41, 5.74) is 1.43. The van der Waals surface area contributed by atoms with E-state index in [0.29, 0.717) is 11.5 Å². The van der Waals surface area contributed by atoms with Crippen LogP contribution in [-0.4, -0.2) is 23.7 Å². The van der Waals surface area contributed by atoms with E-state index in [1.807, 2.05) is 0 Å². The smallest absolute Gasteiger partial charge is 0.315 e. The number of urea groups is 1. The van der Waals surface area contributed by atoms with Crippen LogP contribution >= 0.6 is 0 Å². The highest BCUT2D eigenvalue weighted by Gasteiger charge is 2.33. The average molecular weight is 294 g/mol. The lowest BCUT2D eigenvalue weighted by Crippen LogP contribution is -2.39. The SMILES string of the molecule is Cc1cc(C(NC(=O)NCCC(=O)O)C2CC2)ccc1F. The predicted molar refractivity (Wildman–Crippen MR) is 75.4 cm³/mol. The van der Waals surface area contributed by atoms with E-state index in [2.05, 4.69) is 10.6 Å². The first-order valence-electron chi connectivity index (χ1n) is 6.99. The number of benzene rings is 1. The number of carboxylic acid groups (broad SMARTS) is 1. The molecule has 0 aliphatic heterocycles. The number of nitrogens with one attached hydrogen (secondary N) is 2. The van der Waals surface area contributed by atoms with Gasteiger partial charge in [-0.3, -0.25) is 4.79 Å². The first kappa shape index (κ1) is 15.3. The molecule has 1 aromatic rings. The summed E-state index contributed by atoms with van der Waals surface area (Å²) in [7, 11) is 0. The molecule has 114 valence electrons. The zero-order chi connectivity index (χ0) is 15.4. The van der Waals surface area contributed by atoms with Crippen molar-refractivity contribution in [2.45, 2.75) is 32.2 Å². The van der Waals surface area contributed by atoms with Crippen molar-refractivity contribution < 1.29 is 19.1 Å². The Balaban J connectivity index is 1.97. The van der Waals surface area contributed by atoms with Crippen LogP contribution in [0.1, 0.15) is 36.4 Å². The van der Waals surface area contributed by atoms with Crippen molar-refractivity contribution in [3.05, 3.63) is 35.1 Å². The Kier molecular flexibility index (Phi) is 4.77. The second-order valence-electron chi connectivity index (χ2n) is 5.37. The van der Waals surface area contributed by atoms with Gasteiger partial charge in [0.1, 0.15) is 5.82 Å². The highest BCUT2D eigenvalue weighted by molar-refractivity contribution is 5.75. The molecular formula is C15H19FN2O3. The summed E-state index contributed by atoms with van der Waals surface area (Å²) < 4.78 is 13.3. The minimum absolute atomic E-state index is 0.0843. The van der Waals surface area contributed by atoms with Crippen molar-refractivity contribution >= 4 is 12.0 Å². The molecular weight excluding hydrogens is 275 g/mol. The van der Waals surface area contributed by atoms with E-state index >= 15 is 0 Å². The Hall–Kier alpha value is -2.11. The number of aryl methyl sites for hydroxylation is 1. The molecule has 0 radical (unpaired) electrons. The third-order valence-corrected chi connectivity index (χ3v) is 3.55. The number of carbonyl (C=O) groups is 2. The number of aliphatic carboxylic acids is 1. The van der Waals surface area contributed by atoms with Crippen molar-refractivity contribution in [2.75, 3.05) is 6.54 Å². The van der Waals surface area contributed by atoms with Crippen LogP contribution in [0.15, 0.2) is 18.2 Å². The molecule has 3 N–H and O–H groups in total. The van der Waals surface area contributed by atoms with E-state index in [1.165, 1.54) is 6.07 Å². The van der Waals surface area contributed by atoms with Crippen molar-refractivity contribution in [2.24, 2.45) is 5.92 Å². The fourth-order valence-electron chi connectivity index (χ4n) is 2.24. The van der Waals surface area contributed by atoms with Crippen LogP contribution in [0, 0.1) is 18.7 Å². The van der Waals surface area contributed by atoms with Crippen LogP contribution in [0.3, 0.4) is 0 Å². The fraction of sp³-hybridized carbons (Fsp3) is 0.467. The van der Waals surface area contributed by atoms with E-state index in [-0.39, 0.29) is 24.8 Å².